The second kappa shape index (κ2) is 6.64. The van der Waals surface area contributed by atoms with Crippen molar-refractivity contribution in [2.24, 2.45) is 5.41 Å². The molecule has 2 amide bonds. The lowest BCUT2D eigenvalue weighted by molar-refractivity contribution is 0.202. The Morgan fingerprint density at radius 1 is 1.59 bits per heavy atom. The number of amides is 2. The molecular formula is C13H24N2O2. The Balaban J connectivity index is 2.09. The standard InChI is InChI=1S/C13H24N2O2/c1-3-4-5-6-11(2)15-12(17)14-9-13(10-16)7-8-13/h3,11,16H,1,4-10H2,2H3,(H2,14,15,17). The number of unbranched alkanes of at least 4 members (excludes halogenated alkanes) is 1. The fraction of sp³-hybridized carbons (Fsp3) is 0.769. The molecule has 4 heteroatoms. The van der Waals surface area contributed by atoms with Gasteiger partial charge in [0.1, 0.15) is 0 Å². The number of carbonyl (C=O) groups is 1. The van der Waals surface area contributed by atoms with Crippen LogP contribution in [0.25, 0.3) is 0 Å². The fourth-order valence-corrected chi connectivity index (χ4v) is 1.75. The van der Waals surface area contributed by atoms with E-state index in [2.05, 4.69) is 17.2 Å². The van der Waals surface area contributed by atoms with Crippen molar-refractivity contribution in [2.75, 3.05) is 13.2 Å². The zero-order chi connectivity index (χ0) is 12.7. The van der Waals surface area contributed by atoms with Gasteiger partial charge in [-0.25, -0.2) is 4.79 Å². The van der Waals surface area contributed by atoms with Gasteiger partial charge in [-0.3, -0.25) is 0 Å². The summed E-state index contributed by atoms with van der Waals surface area (Å²) in [5, 5.41) is 14.8. The van der Waals surface area contributed by atoms with Crippen LogP contribution in [0.4, 0.5) is 4.79 Å². The molecule has 1 fully saturated rings. The van der Waals surface area contributed by atoms with Crippen LogP contribution in [0.3, 0.4) is 0 Å². The van der Waals surface area contributed by atoms with Crippen LogP contribution in [-0.2, 0) is 0 Å². The van der Waals surface area contributed by atoms with Crippen molar-refractivity contribution in [1.29, 1.82) is 0 Å². The molecule has 0 heterocycles. The third-order valence-corrected chi connectivity index (χ3v) is 3.34. The van der Waals surface area contributed by atoms with E-state index in [1.165, 1.54) is 0 Å². The van der Waals surface area contributed by atoms with E-state index in [0.29, 0.717) is 6.54 Å². The molecule has 1 aliphatic rings. The van der Waals surface area contributed by atoms with Gasteiger partial charge in [0, 0.05) is 18.0 Å². The zero-order valence-electron chi connectivity index (χ0n) is 10.7. The van der Waals surface area contributed by atoms with Crippen molar-refractivity contribution in [2.45, 2.75) is 45.1 Å². The second-order valence-corrected chi connectivity index (χ2v) is 5.11. The van der Waals surface area contributed by atoms with Gasteiger partial charge in [0.15, 0.2) is 0 Å². The summed E-state index contributed by atoms with van der Waals surface area (Å²) in [5.74, 6) is 0. The Hall–Kier alpha value is -1.03. The van der Waals surface area contributed by atoms with Crippen LogP contribution >= 0.6 is 0 Å². The van der Waals surface area contributed by atoms with E-state index in [9.17, 15) is 4.79 Å². The van der Waals surface area contributed by atoms with E-state index in [1.807, 2.05) is 13.0 Å². The van der Waals surface area contributed by atoms with Gasteiger partial charge in [0.05, 0.1) is 6.61 Å². The second-order valence-electron chi connectivity index (χ2n) is 5.11. The van der Waals surface area contributed by atoms with Gasteiger partial charge < -0.3 is 15.7 Å². The lowest BCUT2D eigenvalue weighted by Crippen LogP contribution is -2.43. The maximum atomic E-state index is 11.6. The van der Waals surface area contributed by atoms with E-state index in [0.717, 1.165) is 32.1 Å². The lowest BCUT2D eigenvalue weighted by Gasteiger charge is -2.17. The minimum Gasteiger partial charge on any atom is -0.396 e. The van der Waals surface area contributed by atoms with Crippen molar-refractivity contribution in [1.82, 2.24) is 10.6 Å². The van der Waals surface area contributed by atoms with E-state index in [4.69, 9.17) is 5.11 Å². The molecule has 0 spiro atoms. The number of carbonyl (C=O) groups excluding carboxylic acids is 1. The Bertz CT molecular complexity index is 262. The van der Waals surface area contributed by atoms with Crippen LogP contribution in [-0.4, -0.2) is 30.3 Å². The highest BCUT2D eigenvalue weighted by Crippen LogP contribution is 2.44. The highest BCUT2D eigenvalue weighted by molar-refractivity contribution is 5.74. The quantitative estimate of drug-likeness (QED) is 0.447. The predicted octanol–water partition coefficient (Wildman–Crippen LogP) is 1.80. The number of urea groups is 1. The maximum Gasteiger partial charge on any atom is 0.315 e. The molecule has 0 aromatic carbocycles. The van der Waals surface area contributed by atoms with Crippen LogP contribution in [0, 0.1) is 5.41 Å². The monoisotopic (exact) mass is 240 g/mol. The molecule has 0 aliphatic heterocycles. The van der Waals surface area contributed by atoms with Crippen LogP contribution in [0.1, 0.15) is 39.0 Å². The van der Waals surface area contributed by atoms with E-state index < -0.39 is 0 Å². The topological polar surface area (TPSA) is 61.4 Å². The Labute approximate surface area is 103 Å². The molecular weight excluding hydrogens is 216 g/mol. The summed E-state index contributed by atoms with van der Waals surface area (Å²) < 4.78 is 0. The van der Waals surface area contributed by atoms with Gasteiger partial charge in [-0.15, -0.1) is 6.58 Å². The highest BCUT2D eigenvalue weighted by Gasteiger charge is 2.42. The summed E-state index contributed by atoms with van der Waals surface area (Å²) in [6.07, 6.45) is 6.92. The first-order chi connectivity index (χ1) is 8.12. The normalized spacial score (nSPS) is 18.2. The molecule has 1 aliphatic carbocycles. The Morgan fingerprint density at radius 2 is 2.29 bits per heavy atom. The number of hydrogen-bond acceptors (Lipinski definition) is 2. The molecule has 1 rings (SSSR count). The van der Waals surface area contributed by atoms with Crippen LogP contribution in [0.15, 0.2) is 12.7 Å². The molecule has 1 atom stereocenters. The van der Waals surface area contributed by atoms with Crippen molar-refractivity contribution < 1.29 is 9.90 Å². The molecule has 0 aromatic heterocycles. The number of nitrogens with one attached hydrogen (secondary N) is 2. The average Bonchev–Trinajstić information content (AvgIpc) is 3.07. The lowest BCUT2D eigenvalue weighted by atomic mass is 10.1. The largest absolute Gasteiger partial charge is 0.396 e. The molecule has 3 N–H and O–H groups in total. The van der Waals surface area contributed by atoms with Crippen molar-refractivity contribution in [3.63, 3.8) is 0 Å². The summed E-state index contributed by atoms with van der Waals surface area (Å²) >= 11 is 0. The average molecular weight is 240 g/mol. The van der Waals surface area contributed by atoms with Crippen molar-refractivity contribution in [3.8, 4) is 0 Å². The number of allylic oxidation sites excluding steroid dienone is 1. The van der Waals surface area contributed by atoms with Gasteiger partial charge >= 0.3 is 6.03 Å². The van der Waals surface area contributed by atoms with Gasteiger partial charge in [-0.2, -0.15) is 0 Å². The number of aliphatic hydroxyl groups is 1. The molecule has 1 saturated carbocycles. The van der Waals surface area contributed by atoms with Gasteiger partial charge in [-0.1, -0.05) is 6.08 Å². The molecule has 98 valence electrons. The number of aliphatic hydroxyl groups excluding tert-OH is 1. The minimum absolute atomic E-state index is 0.0244. The predicted molar refractivity (Wildman–Crippen MR) is 68.8 cm³/mol. The van der Waals surface area contributed by atoms with Gasteiger partial charge in [0.2, 0.25) is 0 Å². The Morgan fingerprint density at radius 3 is 2.82 bits per heavy atom. The van der Waals surface area contributed by atoms with Crippen molar-refractivity contribution in [3.05, 3.63) is 12.7 Å². The Kier molecular flexibility index (Phi) is 5.48. The third kappa shape index (κ3) is 5.22. The molecule has 4 nitrogen and oxygen atoms in total. The summed E-state index contributed by atoms with van der Waals surface area (Å²) in [5.41, 5.74) is -0.0244. The smallest absolute Gasteiger partial charge is 0.315 e. The van der Waals surface area contributed by atoms with E-state index >= 15 is 0 Å². The summed E-state index contributed by atoms with van der Waals surface area (Å²) in [6, 6.07) is 0.0510. The van der Waals surface area contributed by atoms with Gasteiger partial charge in [0.25, 0.3) is 0 Å². The SMILES string of the molecule is C=CCCCC(C)NC(=O)NCC1(CO)CC1. The first-order valence-corrected chi connectivity index (χ1v) is 6.38. The number of hydrogen-bond donors (Lipinski definition) is 3. The third-order valence-electron chi connectivity index (χ3n) is 3.34. The molecule has 1 unspecified atom stereocenters. The van der Waals surface area contributed by atoms with Gasteiger partial charge in [-0.05, 0) is 39.0 Å². The van der Waals surface area contributed by atoms with Crippen LogP contribution in [0.2, 0.25) is 0 Å². The van der Waals surface area contributed by atoms with Crippen LogP contribution in [0.5, 0.6) is 0 Å². The molecule has 0 saturated heterocycles. The summed E-state index contributed by atoms with van der Waals surface area (Å²) in [6.45, 7) is 6.42. The zero-order valence-corrected chi connectivity index (χ0v) is 10.7. The van der Waals surface area contributed by atoms with E-state index in [1.54, 1.807) is 0 Å². The van der Waals surface area contributed by atoms with Crippen molar-refractivity contribution >= 4 is 6.03 Å². The summed E-state index contributed by atoms with van der Waals surface area (Å²) in [7, 11) is 0. The minimum atomic E-state index is -0.129. The molecule has 0 bridgehead atoms. The van der Waals surface area contributed by atoms with Crippen LogP contribution < -0.4 is 10.6 Å². The first kappa shape index (κ1) is 14.0. The maximum absolute atomic E-state index is 11.6. The highest BCUT2D eigenvalue weighted by atomic mass is 16.3. The fourth-order valence-electron chi connectivity index (χ4n) is 1.75. The molecule has 0 aromatic rings. The summed E-state index contributed by atoms with van der Waals surface area (Å²) in [4.78, 5) is 11.6. The molecule has 17 heavy (non-hydrogen) atoms. The first-order valence-electron chi connectivity index (χ1n) is 6.38. The number of rotatable bonds is 8. The van der Waals surface area contributed by atoms with E-state index in [-0.39, 0.29) is 24.1 Å². The molecule has 0 radical (unpaired) electrons.